The van der Waals surface area contributed by atoms with Gasteiger partial charge in [-0.15, -0.1) is 34.8 Å². The van der Waals surface area contributed by atoms with Gasteiger partial charge in [-0.25, -0.2) is 0 Å². The Morgan fingerprint density at radius 2 is 1.91 bits per heavy atom. The zero-order valence-corrected chi connectivity index (χ0v) is 8.72. The minimum absolute atomic E-state index is 0.192. The van der Waals surface area contributed by atoms with Gasteiger partial charge in [0.25, 0.3) is 0 Å². The molecule has 0 fully saturated rings. The minimum Gasteiger partial charge on any atom is -0.314 e. The molecule has 0 bridgehead atoms. The molecule has 0 radical (unpaired) electrons. The lowest BCUT2D eigenvalue weighted by Crippen LogP contribution is -2.25. The van der Waals surface area contributed by atoms with Crippen LogP contribution in [0, 0.1) is 0 Å². The van der Waals surface area contributed by atoms with Gasteiger partial charge in [0, 0.05) is 30.2 Å². The average Bonchev–Trinajstić information content (AvgIpc) is 2.01. The molecule has 0 saturated carbocycles. The van der Waals surface area contributed by atoms with Gasteiger partial charge in [-0.2, -0.15) is 0 Å². The molecular weight excluding hydrogens is 204 g/mol. The maximum atomic E-state index is 5.93. The lowest BCUT2D eigenvalue weighted by Gasteiger charge is -2.08. The highest BCUT2D eigenvalue weighted by molar-refractivity contribution is 6.21. The molecule has 0 aliphatic carbocycles. The molecule has 4 heteroatoms. The van der Waals surface area contributed by atoms with Gasteiger partial charge in [0.1, 0.15) is 0 Å². The fraction of sp³-hybridized carbons (Fsp3) is 1.00. The van der Waals surface area contributed by atoms with E-state index in [1.165, 1.54) is 0 Å². The molecule has 0 rings (SSSR count). The third-order valence-corrected chi connectivity index (χ3v) is 2.12. The van der Waals surface area contributed by atoms with Crippen LogP contribution in [0.2, 0.25) is 0 Å². The molecule has 0 heterocycles. The Labute approximate surface area is 83.4 Å². The van der Waals surface area contributed by atoms with Crippen molar-refractivity contribution in [3.05, 3.63) is 0 Å². The van der Waals surface area contributed by atoms with Crippen molar-refractivity contribution in [1.29, 1.82) is 0 Å². The van der Waals surface area contributed by atoms with Crippen LogP contribution in [0.3, 0.4) is 0 Å². The summed E-state index contributed by atoms with van der Waals surface area (Å²) in [7, 11) is 0. The topological polar surface area (TPSA) is 12.0 Å². The van der Waals surface area contributed by atoms with E-state index in [1.54, 1.807) is 0 Å². The third kappa shape index (κ3) is 8.74. The van der Waals surface area contributed by atoms with Gasteiger partial charge in [0.05, 0.1) is 0 Å². The second-order valence-corrected chi connectivity index (χ2v) is 3.69. The van der Waals surface area contributed by atoms with Gasteiger partial charge in [-0.3, -0.25) is 0 Å². The summed E-state index contributed by atoms with van der Waals surface area (Å²) in [5.74, 6) is 1.33. The van der Waals surface area contributed by atoms with E-state index in [0.717, 1.165) is 25.9 Å². The fourth-order valence-electron chi connectivity index (χ4n) is 0.726. The highest BCUT2D eigenvalue weighted by Crippen LogP contribution is 2.04. The fourth-order valence-corrected chi connectivity index (χ4v) is 1.28. The van der Waals surface area contributed by atoms with E-state index < -0.39 is 0 Å². The summed E-state index contributed by atoms with van der Waals surface area (Å²) in [6.07, 6.45) is 1.96. The normalized spacial score (nSPS) is 13.4. The van der Waals surface area contributed by atoms with Crippen molar-refractivity contribution in [2.75, 3.05) is 24.8 Å². The molecule has 0 aromatic rings. The monoisotopic (exact) mass is 217 g/mol. The zero-order valence-electron chi connectivity index (χ0n) is 6.45. The van der Waals surface area contributed by atoms with Crippen molar-refractivity contribution in [2.45, 2.75) is 18.2 Å². The van der Waals surface area contributed by atoms with E-state index in [0.29, 0.717) is 11.8 Å². The van der Waals surface area contributed by atoms with Gasteiger partial charge < -0.3 is 5.32 Å². The lowest BCUT2D eigenvalue weighted by atomic mass is 10.2. The molecule has 0 amide bonds. The van der Waals surface area contributed by atoms with Crippen LogP contribution in [0.1, 0.15) is 12.8 Å². The highest BCUT2D eigenvalue weighted by Gasteiger charge is 2.01. The van der Waals surface area contributed by atoms with Crippen LogP contribution in [0.5, 0.6) is 0 Å². The second-order valence-electron chi connectivity index (χ2n) is 2.32. The molecule has 0 aliphatic rings. The first kappa shape index (κ1) is 11.8. The number of nitrogens with one attached hydrogen (secondary N) is 1. The first-order valence-corrected chi connectivity index (χ1v) is 5.28. The minimum atomic E-state index is 0.192. The standard InChI is InChI=1S/C7H14Cl3N/c8-3-1-2-7(10)6-11-5-4-9/h7,11H,1-6H2/t7-/m0/s1. The van der Waals surface area contributed by atoms with E-state index >= 15 is 0 Å². The molecule has 0 aromatic carbocycles. The Morgan fingerprint density at radius 3 is 2.45 bits per heavy atom. The molecule has 0 spiro atoms. The Hall–Kier alpha value is 0.830. The van der Waals surface area contributed by atoms with Gasteiger partial charge in [-0.1, -0.05) is 0 Å². The molecule has 1 nitrogen and oxygen atoms in total. The Kier molecular flexibility index (Phi) is 9.60. The molecule has 0 saturated heterocycles. The summed E-state index contributed by atoms with van der Waals surface area (Å²) < 4.78 is 0. The van der Waals surface area contributed by atoms with Gasteiger partial charge in [0.2, 0.25) is 0 Å². The zero-order chi connectivity index (χ0) is 8.53. The van der Waals surface area contributed by atoms with Crippen LogP contribution in [-0.4, -0.2) is 30.2 Å². The lowest BCUT2D eigenvalue weighted by molar-refractivity contribution is 0.643. The van der Waals surface area contributed by atoms with Crippen LogP contribution in [0.4, 0.5) is 0 Å². The largest absolute Gasteiger partial charge is 0.314 e. The summed E-state index contributed by atoms with van der Waals surface area (Å²) in [5.41, 5.74) is 0. The molecule has 1 N–H and O–H groups in total. The van der Waals surface area contributed by atoms with Gasteiger partial charge in [0.15, 0.2) is 0 Å². The second kappa shape index (κ2) is 8.92. The van der Waals surface area contributed by atoms with Crippen LogP contribution in [-0.2, 0) is 0 Å². The molecular formula is C7H14Cl3N. The molecule has 68 valence electrons. The van der Waals surface area contributed by atoms with Crippen molar-refractivity contribution in [3.8, 4) is 0 Å². The quantitative estimate of drug-likeness (QED) is 0.511. The first-order chi connectivity index (χ1) is 5.31. The predicted molar refractivity (Wildman–Crippen MR) is 53.2 cm³/mol. The average molecular weight is 219 g/mol. The van der Waals surface area contributed by atoms with E-state index in [4.69, 9.17) is 34.8 Å². The van der Waals surface area contributed by atoms with E-state index in [-0.39, 0.29) is 5.38 Å². The van der Waals surface area contributed by atoms with Gasteiger partial charge in [-0.05, 0) is 12.8 Å². The summed E-state index contributed by atoms with van der Waals surface area (Å²) >= 11 is 16.9. The van der Waals surface area contributed by atoms with Crippen LogP contribution in [0.15, 0.2) is 0 Å². The number of halogens is 3. The van der Waals surface area contributed by atoms with Crippen molar-refractivity contribution in [3.63, 3.8) is 0 Å². The summed E-state index contributed by atoms with van der Waals surface area (Å²) in [5, 5.41) is 3.33. The van der Waals surface area contributed by atoms with Crippen molar-refractivity contribution in [2.24, 2.45) is 0 Å². The molecule has 0 unspecified atom stereocenters. The molecule has 0 aliphatic heterocycles. The van der Waals surface area contributed by atoms with E-state index in [1.807, 2.05) is 0 Å². The Balaban J connectivity index is 3.02. The van der Waals surface area contributed by atoms with Crippen molar-refractivity contribution < 1.29 is 0 Å². The first-order valence-electron chi connectivity index (χ1n) is 3.78. The van der Waals surface area contributed by atoms with Crippen LogP contribution >= 0.6 is 34.8 Å². The van der Waals surface area contributed by atoms with Crippen LogP contribution < -0.4 is 5.32 Å². The Morgan fingerprint density at radius 1 is 1.18 bits per heavy atom. The maximum Gasteiger partial charge on any atom is 0.0461 e. The van der Waals surface area contributed by atoms with E-state index in [9.17, 15) is 0 Å². The molecule has 0 aromatic heterocycles. The van der Waals surface area contributed by atoms with E-state index in [2.05, 4.69) is 5.32 Å². The number of rotatable bonds is 7. The number of alkyl halides is 3. The Bertz CT molecular complexity index is 80.1. The number of hydrogen-bond donors (Lipinski definition) is 1. The summed E-state index contributed by atoms with van der Waals surface area (Å²) in [6, 6.07) is 0. The maximum absolute atomic E-state index is 5.93. The highest BCUT2D eigenvalue weighted by atomic mass is 35.5. The summed E-state index contributed by atoms with van der Waals surface area (Å²) in [6.45, 7) is 1.65. The third-order valence-electron chi connectivity index (χ3n) is 1.29. The predicted octanol–water partition coefficient (Wildman–Crippen LogP) is 2.44. The van der Waals surface area contributed by atoms with Crippen molar-refractivity contribution >= 4 is 34.8 Å². The van der Waals surface area contributed by atoms with Gasteiger partial charge >= 0.3 is 0 Å². The SMILES string of the molecule is ClCCC[C@H](Cl)CNCCCl. The smallest absolute Gasteiger partial charge is 0.0461 e. The molecule has 1 atom stereocenters. The number of hydrogen-bond acceptors (Lipinski definition) is 1. The van der Waals surface area contributed by atoms with Crippen LogP contribution in [0.25, 0.3) is 0 Å². The molecule has 11 heavy (non-hydrogen) atoms. The van der Waals surface area contributed by atoms with Crippen molar-refractivity contribution in [1.82, 2.24) is 5.32 Å². The summed E-state index contributed by atoms with van der Waals surface area (Å²) in [4.78, 5) is 0.